The van der Waals surface area contributed by atoms with E-state index in [4.69, 9.17) is 13.8 Å². The molecule has 0 heterocycles. The maximum atomic E-state index is 12.8. The molecule has 0 rings (SSSR count). The number of rotatable bonds is 12. The Bertz CT molecular complexity index is 372. The zero-order chi connectivity index (χ0) is 16.3. The van der Waals surface area contributed by atoms with Gasteiger partial charge in [0.2, 0.25) is 0 Å². The maximum absolute atomic E-state index is 12.8. The molecule has 0 saturated carbocycles. The first-order chi connectivity index (χ1) is 9.98. The van der Waals surface area contributed by atoms with E-state index in [1.54, 1.807) is 26.8 Å². The van der Waals surface area contributed by atoms with Gasteiger partial charge in [-0.2, -0.15) is 0 Å². The van der Waals surface area contributed by atoms with Crippen LogP contribution in [0.3, 0.4) is 0 Å². The molecule has 0 aliphatic rings. The van der Waals surface area contributed by atoms with Crippen LogP contribution in [0.1, 0.15) is 33.6 Å². The molecular weight excluding hydrogens is 295 g/mol. The zero-order valence-corrected chi connectivity index (χ0v) is 13.8. The molecular formula is C14H25O6P. The molecule has 0 radical (unpaired) electrons. The predicted molar refractivity (Wildman–Crippen MR) is 80.3 cm³/mol. The van der Waals surface area contributed by atoms with Crippen LogP contribution in [-0.4, -0.2) is 37.7 Å². The fourth-order valence-electron chi connectivity index (χ4n) is 1.88. The second-order valence-corrected chi connectivity index (χ2v) is 6.52. The highest BCUT2D eigenvalue weighted by molar-refractivity contribution is 7.55. The number of hydrogen-bond donors (Lipinski definition) is 0. The second-order valence-electron chi connectivity index (χ2n) is 4.30. The van der Waals surface area contributed by atoms with Crippen LogP contribution >= 0.6 is 7.60 Å². The van der Waals surface area contributed by atoms with Gasteiger partial charge in [-0.3, -0.25) is 9.36 Å². The van der Waals surface area contributed by atoms with Crippen molar-refractivity contribution in [3.8, 4) is 0 Å². The van der Waals surface area contributed by atoms with E-state index in [9.17, 15) is 14.2 Å². The standard InChI is InChI=1S/C14H25O6P/c1-5-9-12(11-15)10-13(14(16)18-6-2)21(17,19-7-3)20-8-4/h5,11-13H,1,6-10H2,2-4H3/t12-,13?/m1/s1. The van der Waals surface area contributed by atoms with Gasteiger partial charge in [-0.25, -0.2) is 0 Å². The number of carbonyl (C=O) groups is 2. The first kappa shape index (κ1) is 20.0. The fraction of sp³-hybridized carbons (Fsp3) is 0.714. The summed E-state index contributed by atoms with van der Waals surface area (Å²) in [4.78, 5) is 23.2. The average molecular weight is 320 g/mol. The van der Waals surface area contributed by atoms with Crippen molar-refractivity contribution in [2.75, 3.05) is 19.8 Å². The Hall–Kier alpha value is -0.970. The first-order valence-electron chi connectivity index (χ1n) is 7.10. The third-order valence-corrected chi connectivity index (χ3v) is 5.17. The molecule has 2 atom stereocenters. The minimum absolute atomic E-state index is 0.0473. The predicted octanol–water partition coefficient (Wildman–Crippen LogP) is 2.97. The van der Waals surface area contributed by atoms with E-state index in [1.807, 2.05) is 0 Å². The third kappa shape index (κ3) is 6.55. The molecule has 21 heavy (non-hydrogen) atoms. The van der Waals surface area contributed by atoms with Crippen molar-refractivity contribution in [3.63, 3.8) is 0 Å². The van der Waals surface area contributed by atoms with Gasteiger partial charge in [0.25, 0.3) is 0 Å². The van der Waals surface area contributed by atoms with Crippen LogP contribution in [0.4, 0.5) is 0 Å². The Balaban J connectivity index is 5.34. The van der Waals surface area contributed by atoms with Gasteiger partial charge in [0.05, 0.1) is 19.8 Å². The summed E-state index contributed by atoms with van der Waals surface area (Å²) in [5, 5.41) is 0. The van der Waals surface area contributed by atoms with E-state index in [0.29, 0.717) is 6.42 Å². The van der Waals surface area contributed by atoms with E-state index in [1.165, 1.54) is 0 Å². The van der Waals surface area contributed by atoms with Crippen LogP contribution in [0.25, 0.3) is 0 Å². The molecule has 0 bridgehead atoms. The van der Waals surface area contributed by atoms with E-state index in [2.05, 4.69) is 6.58 Å². The maximum Gasteiger partial charge on any atom is 0.344 e. The van der Waals surface area contributed by atoms with E-state index in [0.717, 1.165) is 6.29 Å². The number of allylic oxidation sites excluding steroid dienone is 1. The minimum Gasteiger partial charge on any atom is -0.465 e. The van der Waals surface area contributed by atoms with Gasteiger partial charge in [0.1, 0.15) is 6.29 Å². The molecule has 0 aliphatic carbocycles. The van der Waals surface area contributed by atoms with Crippen molar-refractivity contribution in [1.29, 1.82) is 0 Å². The fourth-order valence-corrected chi connectivity index (χ4v) is 3.89. The summed E-state index contributed by atoms with van der Waals surface area (Å²) in [5.41, 5.74) is -1.10. The topological polar surface area (TPSA) is 78.9 Å². The summed E-state index contributed by atoms with van der Waals surface area (Å²) in [6.45, 7) is 8.98. The molecule has 0 spiro atoms. The quantitative estimate of drug-likeness (QED) is 0.238. The Morgan fingerprint density at radius 1 is 1.19 bits per heavy atom. The first-order valence-corrected chi connectivity index (χ1v) is 8.71. The number of esters is 1. The molecule has 0 aliphatic heterocycles. The van der Waals surface area contributed by atoms with Gasteiger partial charge in [0, 0.05) is 5.92 Å². The molecule has 0 aromatic rings. The van der Waals surface area contributed by atoms with Crippen LogP contribution in [0.15, 0.2) is 12.7 Å². The normalized spacial score (nSPS) is 14.2. The van der Waals surface area contributed by atoms with Crippen molar-refractivity contribution >= 4 is 19.9 Å². The summed E-state index contributed by atoms with van der Waals surface area (Å²) in [5.74, 6) is -1.15. The SMILES string of the molecule is C=CC[C@@H](C=O)CC(C(=O)OCC)P(=O)(OCC)OCC. The van der Waals surface area contributed by atoms with Gasteiger partial charge < -0.3 is 18.6 Å². The van der Waals surface area contributed by atoms with Crippen LogP contribution in [0, 0.1) is 5.92 Å². The van der Waals surface area contributed by atoms with Gasteiger partial charge >= 0.3 is 13.6 Å². The summed E-state index contributed by atoms with van der Waals surface area (Å²) in [7, 11) is -3.67. The molecule has 0 aromatic heterocycles. The average Bonchev–Trinajstić information content (AvgIpc) is 2.43. The Morgan fingerprint density at radius 3 is 2.14 bits per heavy atom. The van der Waals surface area contributed by atoms with Gasteiger partial charge in [-0.05, 0) is 33.6 Å². The van der Waals surface area contributed by atoms with E-state index < -0.39 is 25.1 Å². The molecule has 7 heteroatoms. The zero-order valence-electron chi connectivity index (χ0n) is 12.9. The van der Waals surface area contributed by atoms with Gasteiger partial charge in [-0.15, -0.1) is 6.58 Å². The summed E-state index contributed by atoms with van der Waals surface area (Å²) in [6.07, 6.45) is 2.73. The highest BCUT2D eigenvalue weighted by Crippen LogP contribution is 2.55. The molecule has 0 aromatic carbocycles. The van der Waals surface area contributed by atoms with Crippen molar-refractivity contribution < 1.29 is 27.9 Å². The highest BCUT2D eigenvalue weighted by atomic mass is 31.2. The second kappa shape index (κ2) is 10.7. The number of carbonyl (C=O) groups excluding carboxylic acids is 2. The lowest BCUT2D eigenvalue weighted by molar-refractivity contribution is -0.143. The number of hydrogen-bond acceptors (Lipinski definition) is 6. The van der Waals surface area contributed by atoms with Crippen molar-refractivity contribution in [1.82, 2.24) is 0 Å². The van der Waals surface area contributed by atoms with Gasteiger partial charge in [0.15, 0.2) is 5.66 Å². The monoisotopic (exact) mass is 320 g/mol. The lowest BCUT2D eigenvalue weighted by atomic mass is 10.0. The Morgan fingerprint density at radius 2 is 1.76 bits per heavy atom. The van der Waals surface area contributed by atoms with Crippen molar-refractivity contribution in [2.45, 2.75) is 39.3 Å². The van der Waals surface area contributed by atoms with Gasteiger partial charge in [-0.1, -0.05) is 6.08 Å². The lowest BCUT2D eigenvalue weighted by Crippen LogP contribution is -2.28. The number of ether oxygens (including phenoxy) is 1. The van der Waals surface area contributed by atoms with E-state index >= 15 is 0 Å². The summed E-state index contributed by atoms with van der Waals surface area (Å²) >= 11 is 0. The largest absolute Gasteiger partial charge is 0.465 e. The minimum atomic E-state index is -3.67. The molecule has 0 fully saturated rings. The smallest absolute Gasteiger partial charge is 0.344 e. The molecule has 6 nitrogen and oxygen atoms in total. The third-order valence-electron chi connectivity index (χ3n) is 2.75. The van der Waals surface area contributed by atoms with Crippen LogP contribution in [0.2, 0.25) is 0 Å². The molecule has 1 unspecified atom stereocenters. The summed E-state index contributed by atoms with van der Waals surface area (Å²) in [6, 6.07) is 0. The lowest BCUT2D eigenvalue weighted by Gasteiger charge is -2.26. The van der Waals surface area contributed by atoms with Crippen molar-refractivity contribution in [3.05, 3.63) is 12.7 Å². The molecule has 0 N–H and O–H groups in total. The van der Waals surface area contributed by atoms with Crippen molar-refractivity contribution in [2.24, 2.45) is 5.92 Å². The molecule has 122 valence electrons. The molecule has 0 saturated heterocycles. The van der Waals surface area contributed by atoms with Crippen LogP contribution in [0.5, 0.6) is 0 Å². The Labute approximate surface area is 126 Å². The summed E-state index contributed by atoms with van der Waals surface area (Å²) < 4.78 is 28.2. The molecule has 0 amide bonds. The Kier molecular flexibility index (Phi) is 10.2. The highest BCUT2D eigenvalue weighted by Gasteiger charge is 2.43. The van der Waals surface area contributed by atoms with Crippen LogP contribution < -0.4 is 0 Å². The van der Waals surface area contributed by atoms with Crippen LogP contribution in [-0.2, 0) is 27.9 Å². The number of aldehydes is 1. The van der Waals surface area contributed by atoms with E-state index in [-0.39, 0.29) is 26.2 Å².